The van der Waals surface area contributed by atoms with E-state index in [0.29, 0.717) is 23.0 Å². The summed E-state index contributed by atoms with van der Waals surface area (Å²) in [7, 11) is -2.29. The van der Waals surface area contributed by atoms with E-state index in [1.807, 2.05) is 20.8 Å². The number of ether oxygens (including phenoxy) is 1. The molecule has 0 aromatic heterocycles. The molecule has 0 amide bonds. The van der Waals surface area contributed by atoms with E-state index in [4.69, 9.17) is 22.1 Å². The molecule has 120 valence electrons. The van der Waals surface area contributed by atoms with Crippen molar-refractivity contribution < 1.29 is 13.2 Å². The van der Waals surface area contributed by atoms with Crippen molar-refractivity contribution in [3.05, 3.63) is 22.7 Å². The molecule has 1 aromatic carbocycles. The maximum atomic E-state index is 12.5. The number of rotatable bonds is 7. The summed E-state index contributed by atoms with van der Waals surface area (Å²) in [6.45, 7) is 6.59. The molecule has 1 rings (SSSR count). The van der Waals surface area contributed by atoms with Gasteiger partial charge in [0.2, 0.25) is 10.0 Å². The van der Waals surface area contributed by atoms with Crippen molar-refractivity contribution in [1.29, 1.82) is 0 Å². The highest BCUT2D eigenvalue weighted by atomic mass is 35.5. The summed E-state index contributed by atoms with van der Waals surface area (Å²) in [6.07, 6.45) is 0. The summed E-state index contributed by atoms with van der Waals surface area (Å²) in [5, 5.41) is 0.313. The molecule has 1 unspecified atom stereocenters. The van der Waals surface area contributed by atoms with Crippen LogP contribution in [-0.4, -0.2) is 22.1 Å². The van der Waals surface area contributed by atoms with Crippen LogP contribution in [0.1, 0.15) is 26.3 Å². The Morgan fingerprint density at radius 2 is 1.95 bits per heavy atom. The standard InChI is InChI=1S/C14H23ClN2O3S/c1-9(2)10(3)8-17-21(18,19)13-6-12(15)5-11(7-16)14(13)20-4/h5-6,9-10,17H,7-8,16H2,1-4H3. The number of sulfonamides is 1. The highest BCUT2D eigenvalue weighted by molar-refractivity contribution is 7.89. The highest BCUT2D eigenvalue weighted by Gasteiger charge is 2.23. The maximum absolute atomic E-state index is 12.5. The van der Waals surface area contributed by atoms with Gasteiger partial charge in [-0.15, -0.1) is 0 Å². The Kier molecular flexibility index (Phi) is 6.46. The molecule has 0 saturated heterocycles. The van der Waals surface area contributed by atoms with Gasteiger partial charge in [-0.05, 0) is 24.0 Å². The molecule has 0 heterocycles. The third kappa shape index (κ3) is 4.57. The van der Waals surface area contributed by atoms with E-state index >= 15 is 0 Å². The summed E-state index contributed by atoms with van der Waals surface area (Å²) in [5.74, 6) is 0.846. The highest BCUT2D eigenvalue weighted by Crippen LogP contribution is 2.31. The van der Waals surface area contributed by atoms with Crippen molar-refractivity contribution in [2.45, 2.75) is 32.2 Å². The molecular formula is C14H23ClN2O3S. The van der Waals surface area contributed by atoms with Gasteiger partial charge in [0.05, 0.1) is 7.11 Å². The molecule has 0 fully saturated rings. The molecular weight excluding hydrogens is 312 g/mol. The lowest BCUT2D eigenvalue weighted by Crippen LogP contribution is -2.30. The average molecular weight is 335 g/mol. The lowest BCUT2D eigenvalue weighted by Gasteiger charge is -2.18. The van der Waals surface area contributed by atoms with Crippen LogP contribution in [0.5, 0.6) is 5.75 Å². The van der Waals surface area contributed by atoms with Crippen molar-refractivity contribution in [1.82, 2.24) is 4.72 Å². The Bertz CT molecular complexity index is 588. The van der Waals surface area contributed by atoms with E-state index in [-0.39, 0.29) is 23.1 Å². The van der Waals surface area contributed by atoms with Crippen molar-refractivity contribution in [2.75, 3.05) is 13.7 Å². The third-order valence-electron chi connectivity index (χ3n) is 3.54. The topological polar surface area (TPSA) is 81.4 Å². The van der Waals surface area contributed by atoms with Gasteiger partial charge in [0.25, 0.3) is 0 Å². The lowest BCUT2D eigenvalue weighted by atomic mass is 9.99. The Morgan fingerprint density at radius 1 is 1.33 bits per heavy atom. The monoisotopic (exact) mass is 334 g/mol. The van der Waals surface area contributed by atoms with Crippen LogP contribution in [0.3, 0.4) is 0 Å². The van der Waals surface area contributed by atoms with Gasteiger partial charge in [-0.3, -0.25) is 0 Å². The lowest BCUT2D eigenvalue weighted by molar-refractivity contribution is 0.395. The smallest absolute Gasteiger partial charge is 0.244 e. The Labute approximate surface area is 131 Å². The first-order valence-corrected chi connectivity index (χ1v) is 8.65. The molecule has 1 atom stereocenters. The van der Waals surface area contributed by atoms with Crippen LogP contribution in [0.2, 0.25) is 5.02 Å². The molecule has 0 radical (unpaired) electrons. The van der Waals surface area contributed by atoms with Crippen LogP contribution in [0.25, 0.3) is 0 Å². The third-order valence-corrected chi connectivity index (χ3v) is 5.19. The minimum atomic E-state index is -3.70. The largest absolute Gasteiger partial charge is 0.495 e. The molecule has 0 aliphatic heterocycles. The minimum Gasteiger partial charge on any atom is -0.495 e. The minimum absolute atomic E-state index is 0.0221. The van der Waals surface area contributed by atoms with E-state index < -0.39 is 10.0 Å². The van der Waals surface area contributed by atoms with Crippen LogP contribution < -0.4 is 15.2 Å². The van der Waals surface area contributed by atoms with Crippen LogP contribution >= 0.6 is 11.6 Å². The second-order valence-electron chi connectivity index (χ2n) is 5.37. The zero-order valence-corrected chi connectivity index (χ0v) is 14.4. The summed E-state index contributed by atoms with van der Waals surface area (Å²) < 4.78 is 32.7. The van der Waals surface area contributed by atoms with Gasteiger partial charge in [-0.1, -0.05) is 32.4 Å². The fourth-order valence-corrected chi connectivity index (χ4v) is 3.44. The van der Waals surface area contributed by atoms with Crippen molar-refractivity contribution >= 4 is 21.6 Å². The number of hydrogen-bond acceptors (Lipinski definition) is 4. The number of hydrogen-bond donors (Lipinski definition) is 2. The Morgan fingerprint density at radius 3 is 2.43 bits per heavy atom. The van der Waals surface area contributed by atoms with E-state index in [0.717, 1.165) is 0 Å². The van der Waals surface area contributed by atoms with Gasteiger partial charge >= 0.3 is 0 Å². The van der Waals surface area contributed by atoms with E-state index in [9.17, 15) is 8.42 Å². The Balaban J connectivity index is 3.16. The SMILES string of the molecule is COc1c(CN)cc(Cl)cc1S(=O)(=O)NCC(C)C(C)C. The number of nitrogens with two attached hydrogens (primary N) is 1. The Hall–Kier alpha value is -0.820. The summed E-state index contributed by atoms with van der Waals surface area (Å²) in [6, 6.07) is 2.98. The molecule has 7 heteroatoms. The summed E-state index contributed by atoms with van der Waals surface area (Å²) in [4.78, 5) is 0.0221. The van der Waals surface area contributed by atoms with Crippen LogP contribution in [-0.2, 0) is 16.6 Å². The van der Waals surface area contributed by atoms with Crippen LogP contribution in [0, 0.1) is 11.8 Å². The maximum Gasteiger partial charge on any atom is 0.244 e. The fourth-order valence-electron chi connectivity index (χ4n) is 1.76. The van der Waals surface area contributed by atoms with Crippen LogP contribution in [0.15, 0.2) is 17.0 Å². The first-order valence-electron chi connectivity index (χ1n) is 6.79. The fraction of sp³-hybridized carbons (Fsp3) is 0.571. The van der Waals surface area contributed by atoms with E-state index in [1.54, 1.807) is 6.07 Å². The molecule has 0 aliphatic carbocycles. The zero-order chi connectivity index (χ0) is 16.2. The van der Waals surface area contributed by atoms with Crippen molar-refractivity contribution in [3.8, 4) is 5.75 Å². The van der Waals surface area contributed by atoms with Gasteiger partial charge in [0.1, 0.15) is 10.6 Å². The van der Waals surface area contributed by atoms with Crippen molar-refractivity contribution in [2.24, 2.45) is 17.6 Å². The quantitative estimate of drug-likeness (QED) is 0.802. The number of methoxy groups -OCH3 is 1. The molecule has 5 nitrogen and oxygen atoms in total. The second kappa shape index (κ2) is 7.45. The predicted molar refractivity (Wildman–Crippen MR) is 85.1 cm³/mol. The number of halogens is 1. The average Bonchev–Trinajstić information content (AvgIpc) is 2.43. The van der Waals surface area contributed by atoms with Crippen molar-refractivity contribution in [3.63, 3.8) is 0 Å². The molecule has 0 aliphatic rings. The molecule has 1 aromatic rings. The first-order chi connectivity index (χ1) is 9.72. The molecule has 0 spiro atoms. The summed E-state index contributed by atoms with van der Waals surface area (Å²) >= 11 is 5.97. The van der Waals surface area contributed by atoms with Gasteiger partial charge < -0.3 is 10.5 Å². The van der Waals surface area contributed by atoms with Gasteiger partial charge in [0.15, 0.2) is 0 Å². The summed E-state index contributed by atoms with van der Waals surface area (Å²) in [5.41, 5.74) is 6.17. The van der Waals surface area contributed by atoms with Crippen LogP contribution in [0.4, 0.5) is 0 Å². The normalized spacial score (nSPS) is 13.5. The first kappa shape index (κ1) is 18.2. The molecule has 3 N–H and O–H groups in total. The van der Waals surface area contributed by atoms with E-state index in [2.05, 4.69) is 4.72 Å². The van der Waals surface area contributed by atoms with Gasteiger partial charge in [0, 0.05) is 23.7 Å². The predicted octanol–water partition coefficient (Wildman–Crippen LogP) is 2.38. The number of nitrogens with one attached hydrogen (secondary N) is 1. The molecule has 0 saturated carbocycles. The van der Waals surface area contributed by atoms with E-state index in [1.165, 1.54) is 13.2 Å². The molecule has 21 heavy (non-hydrogen) atoms. The number of benzene rings is 1. The van der Waals surface area contributed by atoms with Gasteiger partial charge in [-0.2, -0.15) is 0 Å². The zero-order valence-electron chi connectivity index (χ0n) is 12.8. The molecule has 0 bridgehead atoms. The second-order valence-corrected chi connectivity index (χ2v) is 7.55. The van der Waals surface area contributed by atoms with Gasteiger partial charge in [-0.25, -0.2) is 13.1 Å².